The Morgan fingerprint density at radius 3 is 2.65 bits per heavy atom. The molecule has 0 aromatic carbocycles. The van der Waals surface area contributed by atoms with Crippen LogP contribution in [0.5, 0.6) is 0 Å². The number of rotatable bonds is 2. The Bertz CT molecular complexity index is 332. The third-order valence-electron chi connectivity index (χ3n) is 4.08. The van der Waals surface area contributed by atoms with Gasteiger partial charge in [0.2, 0.25) is 11.8 Å². The normalized spacial score (nSPS) is 31.5. The summed E-state index contributed by atoms with van der Waals surface area (Å²) in [7, 11) is 1.63. The molecule has 0 spiro atoms. The third kappa shape index (κ3) is 2.44. The third-order valence-corrected chi connectivity index (χ3v) is 4.08. The SMILES string of the molecule is CC(=O)N(C)CC(=O)N1CC2CCC(O)C2C1. The van der Waals surface area contributed by atoms with Crippen molar-refractivity contribution in [3.63, 3.8) is 0 Å². The largest absolute Gasteiger partial charge is 0.393 e. The Balaban J connectivity index is 1.88. The lowest BCUT2D eigenvalue weighted by Crippen LogP contribution is -2.40. The fourth-order valence-electron chi connectivity index (χ4n) is 2.85. The predicted octanol–water partition coefficient (Wildman–Crippen LogP) is -0.306. The van der Waals surface area contributed by atoms with Crippen molar-refractivity contribution in [2.75, 3.05) is 26.7 Å². The number of likely N-dealkylation sites (tertiary alicyclic amines) is 1. The van der Waals surface area contributed by atoms with Gasteiger partial charge < -0.3 is 14.9 Å². The van der Waals surface area contributed by atoms with Crippen LogP contribution in [-0.4, -0.2) is 59.5 Å². The van der Waals surface area contributed by atoms with Crippen LogP contribution >= 0.6 is 0 Å². The molecule has 2 rings (SSSR count). The predicted molar refractivity (Wildman–Crippen MR) is 62.1 cm³/mol. The van der Waals surface area contributed by atoms with Crippen molar-refractivity contribution in [1.29, 1.82) is 0 Å². The van der Waals surface area contributed by atoms with Gasteiger partial charge in [-0.2, -0.15) is 0 Å². The number of hydrogen-bond donors (Lipinski definition) is 1. The summed E-state index contributed by atoms with van der Waals surface area (Å²) in [5, 5.41) is 9.77. The fraction of sp³-hybridized carbons (Fsp3) is 0.833. The van der Waals surface area contributed by atoms with E-state index in [-0.39, 0.29) is 30.4 Å². The van der Waals surface area contributed by atoms with Crippen molar-refractivity contribution < 1.29 is 14.7 Å². The maximum absolute atomic E-state index is 11.9. The molecule has 3 atom stereocenters. The van der Waals surface area contributed by atoms with Crippen LogP contribution in [0.15, 0.2) is 0 Å². The molecular formula is C12H20N2O3. The first-order valence-corrected chi connectivity index (χ1v) is 6.16. The standard InChI is InChI=1S/C12H20N2O3/c1-8(15)13(2)7-12(17)14-5-9-3-4-11(16)10(9)6-14/h9-11,16H,3-7H2,1-2H3. The van der Waals surface area contributed by atoms with Crippen LogP contribution in [0, 0.1) is 11.8 Å². The van der Waals surface area contributed by atoms with Gasteiger partial charge in [0.1, 0.15) is 0 Å². The fourth-order valence-corrected chi connectivity index (χ4v) is 2.85. The smallest absolute Gasteiger partial charge is 0.242 e. The molecule has 5 nitrogen and oxygen atoms in total. The van der Waals surface area contributed by atoms with E-state index in [1.807, 2.05) is 0 Å². The lowest BCUT2D eigenvalue weighted by atomic mass is 10.00. The number of aliphatic hydroxyl groups is 1. The minimum atomic E-state index is -0.247. The van der Waals surface area contributed by atoms with Gasteiger partial charge in [0.25, 0.3) is 0 Å². The molecule has 96 valence electrons. The zero-order valence-corrected chi connectivity index (χ0v) is 10.4. The van der Waals surface area contributed by atoms with E-state index in [1.54, 1.807) is 11.9 Å². The summed E-state index contributed by atoms with van der Waals surface area (Å²) in [6, 6.07) is 0. The Labute approximate surface area is 101 Å². The van der Waals surface area contributed by atoms with E-state index in [0.717, 1.165) is 19.4 Å². The first-order valence-electron chi connectivity index (χ1n) is 6.16. The Morgan fingerprint density at radius 1 is 1.35 bits per heavy atom. The summed E-state index contributed by atoms with van der Waals surface area (Å²) in [6.07, 6.45) is 1.63. The van der Waals surface area contributed by atoms with Crippen LogP contribution in [0.2, 0.25) is 0 Å². The molecule has 2 fully saturated rings. The van der Waals surface area contributed by atoms with Gasteiger partial charge in [0.05, 0.1) is 12.6 Å². The Morgan fingerprint density at radius 2 is 2.06 bits per heavy atom. The molecular weight excluding hydrogens is 220 g/mol. The number of aliphatic hydroxyl groups excluding tert-OH is 1. The number of hydrogen-bond acceptors (Lipinski definition) is 3. The quantitative estimate of drug-likeness (QED) is 0.720. The average Bonchev–Trinajstić information content (AvgIpc) is 2.81. The van der Waals surface area contributed by atoms with Gasteiger partial charge >= 0.3 is 0 Å². The molecule has 0 radical (unpaired) electrons. The molecule has 5 heteroatoms. The van der Waals surface area contributed by atoms with Crippen molar-refractivity contribution in [2.45, 2.75) is 25.9 Å². The van der Waals surface area contributed by atoms with Gasteiger partial charge in [-0.15, -0.1) is 0 Å². The monoisotopic (exact) mass is 240 g/mol. The van der Waals surface area contributed by atoms with Crippen molar-refractivity contribution in [2.24, 2.45) is 11.8 Å². The van der Waals surface area contributed by atoms with Crippen LogP contribution in [0.4, 0.5) is 0 Å². The van der Waals surface area contributed by atoms with Gasteiger partial charge in [-0.25, -0.2) is 0 Å². The summed E-state index contributed by atoms with van der Waals surface area (Å²) < 4.78 is 0. The minimum Gasteiger partial charge on any atom is -0.393 e. The van der Waals surface area contributed by atoms with Crippen molar-refractivity contribution >= 4 is 11.8 Å². The van der Waals surface area contributed by atoms with E-state index >= 15 is 0 Å². The van der Waals surface area contributed by atoms with Crippen molar-refractivity contribution in [3.8, 4) is 0 Å². The maximum Gasteiger partial charge on any atom is 0.242 e. The lowest BCUT2D eigenvalue weighted by Gasteiger charge is -2.22. The summed E-state index contributed by atoms with van der Waals surface area (Å²) in [5.74, 6) is 0.597. The number of nitrogens with zero attached hydrogens (tertiary/aromatic N) is 2. The Kier molecular flexibility index (Phi) is 3.38. The molecule has 2 amide bonds. The summed E-state index contributed by atoms with van der Waals surface area (Å²) in [4.78, 5) is 26.2. The second-order valence-electron chi connectivity index (χ2n) is 5.24. The lowest BCUT2D eigenvalue weighted by molar-refractivity contribution is -0.138. The second-order valence-corrected chi connectivity index (χ2v) is 5.24. The van der Waals surface area contributed by atoms with Crippen LogP contribution < -0.4 is 0 Å². The van der Waals surface area contributed by atoms with Crippen LogP contribution in [0.25, 0.3) is 0 Å². The van der Waals surface area contributed by atoms with Gasteiger partial charge in [0.15, 0.2) is 0 Å². The maximum atomic E-state index is 11.9. The zero-order valence-electron chi connectivity index (χ0n) is 10.4. The zero-order chi connectivity index (χ0) is 12.6. The molecule has 1 saturated heterocycles. The molecule has 1 saturated carbocycles. The molecule has 0 aromatic heterocycles. The summed E-state index contributed by atoms with van der Waals surface area (Å²) >= 11 is 0. The summed E-state index contributed by atoms with van der Waals surface area (Å²) in [6.45, 7) is 2.99. The highest BCUT2D eigenvalue weighted by Crippen LogP contribution is 2.37. The van der Waals surface area contributed by atoms with Gasteiger partial charge in [0, 0.05) is 33.0 Å². The molecule has 1 aliphatic heterocycles. The highest BCUT2D eigenvalue weighted by molar-refractivity contribution is 5.83. The number of fused-ring (bicyclic) bond motifs is 1. The van der Waals surface area contributed by atoms with E-state index < -0.39 is 0 Å². The van der Waals surface area contributed by atoms with Crippen LogP contribution in [-0.2, 0) is 9.59 Å². The van der Waals surface area contributed by atoms with Crippen molar-refractivity contribution in [3.05, 3.63) is 0 Å². The number of amides is 2. The molecule has 17 heavy (non-hydrogen) atoms. The van der Waals surface area contributed by atoms with Gasteiger partial charge in [-0.3, -0.25) is 9.59 Å². The van der Waals surface area contributed by atoms with Crippen LogP contribution in [0.3, 0.4) is 0 Å². The van der Waals surface area contributed by atoms with E-state index in [0.29, 0.717) is 12.5 Å². The summed E-state index contributed by atoms with van der Waals surface area (Å²) in [5.41, 5.74) is 0. The van der Waals surface area contributed by atoms with Crippen molar-refractivity contribution in [1.82, 2.24) is 9.80 Å². The van der Waals surface area contributed by atoms with E-state index in [4.69, 9.17) is 0 Å². The molecule has 0 bridgehead atoms. The highest BCUT2D eigenvalue weighted by atomic mass is 16.3. The minimum absolute atomic E-state index is 0.00991. The molecule has 1 heterocycles. The Hall–Kier alpha value is -1.10. The van der Waals surface area contributed by atoms with E-state index in [1.165, 1.54) is 11.8 Å². The van der Waals surface area contributed by atoms with Gasteiger partial charge in [-0.1, -0.05) is 0 Å². The number of likely N-dealkylation sites (N-methyl/N-ethyl adjacent to an activating group) is 1. The first kappa shape index (κ1) is 12.4. The molecule has 3 unspecified atom stereocenters. The number of carbonyl (C=O) groups excluding carboxylic acids is 2. The van der Waals surface area contributed by atoms with Gasteiger partial charge in [-0.05, 0) is 18.8 Å². The van der Waals surface area contributed by atoms with E-state index in [2.05, 4.69) is 0 Å². The van der Waals surface area contributed by atoms with E-state index in [9.17, 15) is 14.7 Å². The average molecular weight is 240 g/mol. The second kappa shape index (κ2) is 4.64. The molecule has 0 aromatic rings. The topological polar surface area (TPSA) is 60.9 Å². The molecule has 1 N–H and O–H groups in total. The highest BCUT2D eigenvalue weighted by Gasteiger charge is 2.43. The van der Waals surface area contributed by atoms with Crippen LogP contribution in [0.1, 0.15) is 19.8 Å². The first-order chi connectivity index (χ1) is 7.99. The molecule has 1 aliphatic carbocycles. The number of carbonyl (C=O) groups is 2. The molecule has 2 aliphatic rings.